The highest BCUT2D eigenvalue weighted by atomic mass is 16.5. The quantitative estimate of drug-likeness (QED) is 0.774. The van der Waals surface area contributed by atoms with Crippen LogP contribution in [0.1, 0.15) is 6.42 Å². The summed E-state index contributed by atoms with van der Waals surface area (Å²) in [6.45, 7) is 0.253. The van der Waals surface area contributed by atoms with Crippen LogP contribution in [0.2, 0.25) is 0 Å². The number of amides is 1. The van der Waals surface area contributed by atoms with E-state index >= 15 is 0 Å². The average Bonchev–Trinajstić information content (AvgIpc) is 2.71. The Morgan fingerprint density at radius 2 is 2.18 bits per heavy atom. The summed E-state index contributed by atoms with van der Waals surface area (Å²) in [5.41, 5.74) is 0.434. The van der Waals surface area contributed by atoms with Crippen LogP contribution in [-0.4, -0.2) is 30.6 Å². The van der Waals surface area contributed by atoms with Crippen molar-refractivity contribution in [2.45, 2.75) is 6.42 Å². The summed E-state index contributed by atoms with van der Waals surface area (Å²) >= 11 is 0. The number of ether oxygens (including phenoxy) is 1. The van der Waals surface area contributed by atoms with Crippen molar-refractivity contribution in [2.75, 3.05) is 18.6 Å². The Morgan fingerprint density at radius 1 is 1.47 bits per heavy atom. The molecule has 0 saturated carbocycles. The zero-order valence-corrected chi connectivity index (χ0v) is 9.42. The second-order valence-electron chi connectivity index (χ2n) is 3.92. The largest absolute Gasteiger partial charge is 0.506 e. The molecular weight excluding hydrogens is 222 g/mol. The second-order valence-corrected chi connectivity index (χ2v) is 3.92. The van der Waals surface area contributed by atoms with E-state index in [2.05, 4.69) is 4.74 Å². The smallest absolute Gasteiger partial charge is 0.311 e. The number of aromatic hydroxyl groups is 1. The highest BCUT2D eigenvalue weighted by molar-refractivity contribution is 6.00. The van der Waals surface area contributed by atoms with E-state index in [1.54, 1.807) is 18.2 Å². The molecule has 1 aromatic rings. The van der Waals surface area contributed by atoms with Gasteiger partial charge < -0.3 is 14.7 Å². The highest BCUT2D eigenvalue weighted by Gasteiger charge is 2.36. The third-order valence-electron chi connectivity index (χ3n) is 2.83. The molecule has 0 bridgehead atoms. The highest BCUT2D eigenvalue weighted by Crippen LogP contribution is 2.32. The van der Waals surface area contributed by atoms with Crippen molar-refractivity contribution in [3.8, 4) is 5.75 Å². The van der Waals surface area contributed by atoms with Crippen LogP contribution in [0.25, 0.3) is 0 Å². The molecule has 0 radical (unpaired) electrons. The number of nitrogens with zero attached hydrogens (tertiary/aromatic N) is 1. The topological polar surface area (TPSA) is 66.8 Å². The van der Waals surface area contributed by atoms with Gasteiger partial charge in [-0.05, 0) is 12.1 Å². The van der Waals surface area contributed by atoms with Crippen molar-refractivity contribution >= 4 is 17.6 Å². The van der Waals surface area contributed by atoms with Crippen LogP contribution in [0.15, 0.2) is 24.3 Å². The monoisotopic (exact) mass is 235 g/mol. The van der Waals surface area contributed by atoms with Crippen molar-refractivity contribution in [1.29, 1.82) is 0 Å². The lowest BCUT2D eigenvalue weighted by molar-refractivity contribution is -0.145. The third kappa shape index (κ3) is 2.08. The van der Waals surface area contributed by atoms with Crippen LogP contribution in [0.4, 0.5) is 5.69 Å². The van der Waals surface area contributed by atoms with Gasteiger partial charge in [-0.1, -0.05) is 12.1 Å². The molecule has 90 valence electrons. The maximum absolute atomic E-state index is 11.8. The fraction of sp³-hybridized carbons (Fsp3) is 0.333. The summed E-state index contributed by atoms with van der Waals surface area (Å²) < 4.78 is 4.62. The van der Waals surface area contributed by atoms with Crippen LogP contribution >= 0.6 is 0 Å². The fourth-order valence-corrected chi connectivity index (χ4v) is 1.96. The number of phenols is 1. The van der Waals surface area contributed by atoms with Crippen LogP contribution in [-0.2, 0) is 14.3 Å². The van der Waals surface area contributed by atoms with Gasteiger partial charge in [0.1, 0.15) is 5.75 Å². The SMILES string of the molecule is COC(=O)C1CC(=O)N(c2ccccc2O)C1. The Balaban J connectivity index is 2.22. The van der Waals surface area contributed by atoms with Gasteiger partial charge in [-0.25, -0.2) is 0 Å². The maximum atomic E-state index is 11.8. The van der Waals surface area contributed by atoms with E-state index in [0.717, 1.165) is 0 Å². The Morgan fingerprint density at radius 3 is 2.82 bits per heavy atom. The first-order chi connectivity index (χ1) is 8.13. The van der Waals surface area contributed by atoms with Crippen molar-refractivity contribution in [2.24, 2.45) is 5.92 Å². The predicted molar refractivity (Wildman–Crippen MR) is 60.6 cm³/mol. The Bertz CT molecular complexity index is 458. The number of carbonyl (C=O) groups is 2. The first-order valence-electron chi connectivity index (χ1n) is 5.29. The van der Waals surface area contributed by atoms with Gasteiger partial charge in [0.2, 0.25) is 5.91 Å². The number of para-hydroxylation sites is 2. The fourth-order valence-electron chi connectivity index (χ4n) is 1.96. The lowest BCUT2D eigenvalue weighted by atomic mass is 10.1. The van der Waals surface area contributed by atoms with Crippen LogP contribution in [0.5, 0.6) is 5.75 Å². The van der Waals surface area contributed by atoms with Gasteiger partial charge in [0.05, 0.1) is 18.7 Å². The number of hydrogen-bond donors (Lipinski definition) is 1. The van der Waals surface area contributed by atoms with Gasteiger partial charge in [0.15, 0.2) is 0 Å². The van der Waals surface area contributed by atoms with Gasteiger partial charge in [0.25, 0.3) is 0 Å². The minimum Gasteiger partial charge on any atom is -0.506 e. The molecule has 1 aliphatic heterocycles. The van der Waals surface area contributed by atoms with Gasteiger partial charge in [-0.3, -0.25) is 9.59 Å². The van der Waals surface area contributed by atoms with Crippen LogP contribution < -0.4 is 4.90 Å². The van der Waals surface area contributed by atoms with E-state index in [4.69, 9.17) is 0 Å². The summed E-state index contributed by atoms with van der Waals surface area (Å²) in [6.07, 6.45) is 0.126. The zero-order valence-electron chi connectivity index (χ0n) is 9.42. The molecule has 5 nitrogen and oxygen atoms in total. The van der Waals surface area contributed by atoms with Crippen molar-refractivity contribution in [3.05, 3.63) is 24.3 Å². The molecule has 0 aliphatic carbocycles. The summed E-state index contributed by atoms with van der Waals surface area (Å²) in [6, 6.07) is 6.56. The van der Waals surface area contributed by atoms with Gasteiger partial charge >= 0.3 is 5.97 Å². The van der Waals surface area contributed by atoms with E-state index in [1.165, 1.54) is 18.1 Å². The van der Waals surface area contributed by atoms with E-state index in [-0.39, 0.29) is 24.6 Å². The number of rotatable bonds is 2. The second kappa shape index (κ2) is 4.45. The molecular formula is C12H13NO4. The summed E-state index contributed by atoms with van der Waals surface area (Å²) in [4.78, 5) is 24.5. The molecule has 1 N–H and O–H groups in total. The van der Waals surface area contributed by atoms with Gasteiger partial charge in [-0.15, -0.1) is 0 Å². The molecule has 0 aromatic heterocycles. The maximum Gasteiger partial charge on any atom is 0.311 e. The molecule has 2 rings (SSSR count). The number of anilines is 1. The van der Waals surface area contributed by atoms with Crippen LogP contribution in [0.3, 0.4) is 0 Å². The van der Waals surface area contributed by atoms with E-state index < -0.39 is 11.9 Å². The standard InChI is InChI=1S/C12H13NO4/c1-17-12(16)8-6-11(15)13(7-8)9-4-2-3-5-10(9)14/h2-5,8,14H,6-7H2,1H3. The molecule has 1 aliphatic rings. The van der Waals surface area contributed by atoms with E-state index in [0.29, 0.717) is 5.69 Å². The van der Waals surface area contributed by atoms with E-state index in [1.807, 2.05) is 0 Å². The predicted octanol–water partition coefficient (Wildman–Crippen LogP) is 0.918. The molecule has 1 amide bonds. The zero-order chi connectivity index (χ0) is 12.4. The molecule has 1 atom stereocenters. The number of methoxy groups -OCH3 is 1. The number of phenolic OH excluding ortho intramolecular Hbond substituents is 1. The number of benzene rings is 1. The van der Waals surface area contributed by atoms with Gasteiger partial charge in [0, 0.05) is 13.0 Å². The van der Waals surface area contributed by atoms with Crippen LogP contribution in [0, 0.1) is 5.92 Å². The first kappa shape index (κ1) is 11.4. The van der Waals surface area contributed by atoms with Crippen molar-refractivity contribution in [1.82, 2.24) is 0 Å². The Hall–Kier alpha value is -2.04. The lowest BCUT2D eigenvalue weighted by Crippen LogP contribution is -2.26. The first-order valence-corrected chi connectivity index (χ1v) is 5.29. The molecule has 17 heavy (non-hydrogen) atoms. The molecule has 1 aromatic carbocycles. The summed E-state index contributed by atoms with van der Waals surface area (Å²) in [5, 5.41) is 9.66. The normalized spacial score (nSPS) is 19.5. The number of esters is 1. The summed E-state index contributed by atoms with van der Waals surface area (Å²) in [7, 11) is 1.30. The Labute approximate surface area is 98.6 Å². The molecule has 5 heteroatoms. The number of carbonyl (C=O) groups excluding carboxylic acids is 2. The summed E-state index contributed by atoms with van der Waals surface area (Å²) in [5.74, 6) is -0.989. The van der Waals surface area contributed by atoms with Crippen molar-refractivity contribution < 1.29 is 19.4 Å². The minimum absolute atomic E-state index is 0.0337. The average molecular weight is 235 g/mol. The molecule has 1 heterocycles. The lowest BCUT2D eigenvalue weighted by Gasteiger charge is -2.17. The minimum atomic E-state index is -0.452. The molecule has 1 saturated heterocycles. The van der Waals surface area contributed by atoms with Crippen molar-refractivity contribution in [3.63, 3.8) is 0 Å². The molecule has 1 fully saturated rings. The number of hydrogen-bond acceptors (Lipinski definition) is 4. The molecule has 0 spiro atoms. The third-order valence-corrected chi connectivity index (χ3v) is 2.83. The van der Waals surface area contributed by atoms with Gasteiger partial charge in [-0.2, -0.15) is 0 Å². The van der Waals surface area contributed by atoms with E-state index in [9.17, 15) is 14.7 Å². The Kier molecular flexibility index (Phi) is 2.99. The molecule has 1 unspecified atom stereocenters.